The second-order valence-corrected chi connectivity index (χ2v) is 8.94. The smallest absolute Gasteiger partial charge is 0.222 e. The van der Waals surface area contributed by atoms with Crippen molar-refractivity contribution in [2.45, 2.75) is 135 Å². The van der Waals surface area contributed by atoms with Crippen LogP contribution in [0.3, 0.4) is 0 Å². The van der Waals surface area contributed by atoms with Crippen molar-refractivity contribution in [2.75, 3.05) is 26.3 Å². The van der Waals surface area contributed by atoms with Gasteiger partial charge >= 0.3 is 0 Å². The fourth-order valence-corrected chi connectivity index (χ4v) is 4.12. The normalized spacial score (nSPS) is 11.2. The third kappa shape index (κ3) is 20.7. The molecule has 0 aliphatic rings. The first kappa shape index (κ1) is 29.4. The van der Waals surface area contributed by atoms with Gasteiger partial charge in [0.15, 0.2) is 0 Å². The summed E-state index contributed by atoms with van der Waals surface area (Å²) in [7, 11) is 0. The molecule has 0 saturated carbocycles. The van der Waals surface area contributed by atoms with Crippen molar-refractivity contribution in [1.82, 2.24) is 4.90 Å². The van der Waals surface area contributed by atoms with Gasteiger partial charge in [0.25, 0.3) is 0 Å². The number of hydrogen-bond acceptors (Lipinski definition) is 3. The van der Waals surface area contributed by atoms with Gasteiger partial charge in [-0.2, -0.15) is 0 Å². The summed E-state index contributed by atoms with van der Waals surface area (Å²) < 4.78 is 0. The average molecular weight is 428 g/mol. The third-order valence-corrected chi connectivity index (χ3v) is 6.09. The Hall–Kier alpha value is -0.610. The summed E-state index contributed by atoms with van der Waals surface area (Å²) in [6.07, 6.45) is 26.2. The number of unbranched alkanes of at least 4 members (excludes halogenated alkanes) is 18. The summed E-state index contributed by atoms with van der Waals surface area (Å²) in [6, 6.07) is 0. The summed E-state index contributed by atoms with van der Waals surface area (Å²) in [5.74, 6) is 0.0603. The highest BCUT2D eigenvalue weighted by atomic mass is 16.3. The highest BCUT2D eigenvalue weighted by Gasteiger charge is 2.11. The minimum absolute atomic E-state index is 0.0368. The van der Waals surface area contributed by atoms with Crippen molar-refractivity contribution < 1.29 is 15.0 Å². The average Bonchev–Trinajstić information content (AvgIpc) is 2.75. The predicted molar refractivity (Wildman–Crippen MR) is 129 cm³/mol. The number of amides is 1. The summed E-state index contributed by atoms with van der Waals surface area (Å²) in [4.78, 5) is 13.6. The molecule has 0 spiro atoms. The maximum atomic E-state index is 12.0. The minimum atomic E-state index is -0.0368. The Balaban J connectivity index is 3.23. The van der Waals surface area contributed by atoms with E-state index in [0.29, 0.717) is 19.5 Å². The number of aliphatic hydroxyl groups is 2. The van der Waals surface area contributed by atoms with Crippen LogP contribution in [0.2, 0.25) is 0 Å². The molecule has 0 radical (unpaired) electrons. The van der Waals surface area contributed by atoms with Gasteiger partial charge in [0.2, 0.25) is 5.91 Å². The molecule has 0 rings (SSSR count). The van der Waals surface area contributed by atoms with Crippen LogP contribution < -0.4 is 0 Å². The SMILES string of the molecule is CCCCCCCCCCCCCCCCCCCCCC(=O)N(CCO)CCO. The van der Waals surface area contributed by atoms with Crippen LogP contribution in [0.4, 0.5) is 0 Å². The van der Waals surface area contributed by atoms with Crippen LogP contribution in [0.25, 0.3) is 0 Å². The molecule has 0 unspecified atom stereocenters. The molecular formula is C26H53NO3. The molecule has 0 aliphatic heterocycles. The zero-order chi connectivity index (χ0) is 22.1. The summed E-state index contributed by atoms with van der Waals surface area (Å²) >= 11 is 0. The van der Waals surface area contributed by atoms with E-state index < -0.39 is 0 Å². The highest BCUT2D eigenvalue weighted by Crippen LogP contribution is 2.15. The Bertz CT molecular complexity index is 343. The molecular weight excluding hydrogens is 374 g/mol. The molecule has 0 atom stereocenters. The summed E-state index contributed by atoms with van der Waals surface area (Å²) in [5.41, 5.74) is 0. The number of hydrogen-bond donors (Lipinski definition) is 2. The molecule has 0 aromatic heterocycles. The number of nitrogens with zero attached hydrogens (tertiary/aromatic N) is 1. The topological polar surface area (TPSA) is 60.8 Å². The van der Waals surface area contributed by atoms with Gasteiger partial charge in [-0.15, -0.1) is 0 Å². The third-order valence-electron chi connectivity index (χ3n) is 6.09. The van der Waals surface area contributed by atoms with Gasteiger partial charge in [0.05, 0.1) is 13.2 Å². The van der Waals surface area contributed by atoms with E-state index in [0.717, 1.165) is 12.8 Å². The van der Waals surface area contributed by atoms with E-state index in [1.807, 2.05) is 0 Å². The number of carbonyl (C=O) groups excluding carboxylic acids is 1. The molecule has 4 heteroatoms. The summed E-state index contributed by atoms with van der Waals surface area (Å²) in [5, 5.41) is 17.9. The first-order valence-corrected chi connectivity index (χ1v) is 13.3. The van der Waals surface area contributed by atoms with E-state index in [1.54, 1.807) is 4.90 Å². The highest BCUT2D eigenvalue weighted by molar-refractivity contribution is 5.76. The molecule has 4 nitrogen and oxygen atoms in total. The Morgan fingerprint density at radius 2 is 0.833 bits per heavy atom. The van der Waals surface area contributed by atoms with Gasteiger partial charge in [-0.25, -0.2) is 0 Å². The zero-order valence-electron chi connectivity index (χ0n) is 20.2. The quantitative estimate of drug-likeness (QED) is 0.170. The Morgan fingerprint density at radius 1 is 0.533 bits per heavy atom. The molecule has 0 aliphatic carbocycles. The van der Waals surface area contributed by atoms with Crippen LogP contribution in [0.1, 0.15) is 135 Å². The van der Waals surface area contributed by atoms with Crippen molar-refractivity contribution in [3.05, 3.63) is 0 Å². The van der Waals surface area contributed by atoms with Crippen LogP contribution in [-0.4, -0.2) is 47.3 Å². The zero-order valence-corrected chi connectivity index (χ0v) is 20.2. The largest absolute Gasteiger partial charge is 0.395 e. The second-order valence-electron chi connectivity index (χ2n) is 8.94. The molecule has 0 heterocycles. The van der Waals surface area contributed by atoms with Crippen LogP contribution in [0.15, 0.2) is 0 Å². The van der Waals surface area contributed by atoms with E-state index in [9.17, 15) is 4.79 Å². The number of rotatable bonds is 24. The van der Waals surface area contributed by atoms with Gasteiger partial charge in [-0.05, 0) is 6.42 Å². The monoisotopic (exact) mass is 427 g/mol. The van der Waals surface area contributed by atoms with Gasteiger partial charge in [-0.3, -0.25) is 4.79 Å². The first-order valence-electron chi connectivity index (χ1n) is 13.3. The van der Waals surface area contributed by atoms with E-state index in [4.69, 9.17) is 10.2 Å². The Labute approximate surface area is 187 Å². The Kier molecular flexibility index (Phi) is 24.2. The van der Waals surface area contributed by atoms with Crippen molar-refractivity contribution in [1.29, 1.82) is 0 Å². The lowest BCUT2D eigenvalue weighted by atomic mass is 10.0. The molecule has 30 heavy (non-hydrogen) atoms. The standard InChI is InChI=1S/C26H53NO3/c1-2-3-4-5-6-7-8-9-10-11-12-13-14-15-16-17-18-19-20-21-26(30)27(22-24-28)23-25-29/h28-29H,2-25H2,1H3. The minimum Gasteiger partial charge on any atom is -0.395 e. The summed E-state index contributed by atoms with van der Waals surface area (Å²) in [6.45, 7) is 2.87. The fourth-order valence-electron chi connectivity index (χ4n) is 4.12. The predicted octanol–water partition coefficient (Wildman–Crippen LogP) is 6.62. The van der Waals surface area contributed by atoms with Crippen LogP contribution >= 0.6 is 0 Å². The van der Waals surface area contributed by atoms with Crippen LogP contribution in [-0.2, 0) is 4.79 Å². The molecule has 0 bridgehead atoms. The van der Waals surface area contributed by atoms with Gasteiger partial charge < -0.3 is 15.1 Å². The van der Waals surface area contributed by atoms with Gasteiger partial charge in [-0.1, -0.05) is 122 Å². The van der Waals surface area contributed by atoms with Gasteiger partial charge in [0.1, 0.15) is 0 Å². The van der Waals surface area contributed by atoms with Crippen molar-refractivity contribution in [3.63, 3.8) is 0 Å². The maximum Gasteiger partial charge on any atom is 0.222 e. The number of aliphatic hydroxyl groups excluding tert-OH is 2. The lowest BCUT2D eigenvalue weighted by molar-refractivity contribution is -0.132. The van der Waals surface area contributed by atoms with Crippen molar-refractivity contribution >= 4 is 5.91 Å². The number of carbonyl (C=O) groups is 1. The van der Waals surface area contributed by atoms with Crippen molar-refractivity contribution in [3.8, 4) is 0 Å². The van der Waals surface area contributed by atoms with E-state index in [2.05, 4.69) is 6.92 Å². The molecule has 1 amide bonds. The molecule has 0 aromatic carbocycles. The van der Waals surface area contributed by atoms with E-state index in [-0.39, 0.29) is 19.1 Å². The van der Waals surface area contributed by atoms with Crippen molar-refractivity contribution in [2.24, 2.45) is 0 Å². The van der Waals surface area contributed by atoms with Crippen LogP contribution in [0, 0.1) is 0 Å². The Morgan fingerprint density at radius 3 is 1.13 bits per heavy atom. The van der Waals surface area contributed by atoms with E-state index in [1.165, 1.54) is 109 Å². The van der Waals surface area contributed by atoms with Crippen LogP contribution in [0.5, 0.6) is 0 Å². The lowest BCUT2D eigenvalue weighted by Crippen LogP contribution is -2.35. The molecule has 2 N–H and O–H groups in total. The fraction of sp³-hybridized carbons (Fsp3) is 0.962. The molecule has 0 saturated heterocycles. The van der Waals surface area contributed by atoms with E-state index >= 15 is 0 Å². The van der Waals surface area contributed by atoms with Gasteiger partial charge in [0, 0.05) is 19.5 Å². The first-order chi connectivity index (χ1) is 14.8. The maximum absolute atomic E-state index is 12.0. The molecule has 0 aromatic rings. The molecule has 0 fully saturated rings. The molecule has 180 valence electrons. The lowest BCUT2D eigenvalue weighted by Gasteiger charge is -2.20. The second kappa shape index (κ2) is 24.7.